The first-order valence-corrected chi connectivity index (χ1v) is 14.2. The Labute approximate surface area is 218 Å². The van der Waals surface area contributed by atoms with Crippen LogP contribution in [0.3, 0.4) is 0 Å². The molecule has 0 amide bonds. The molecule has 4 saturated carbocycles. The molecule has 4 nitrogen and oxygen atoms in total. The van der Waals surface area contributed by atoms with E-state index < -0.39 is 29.1 Å². The molecule has 0 unspecified atom stereocenters. The summed E-state index contributed by atoms with van der Waals surface area (Å²) in [5.74, 6) is 1.61. The first-order chi connectivity index (χ1) is 16.8. The zero-order valence-electron chi connectivity index (χ0n) is 23.1. The summed E-state index contributed by atoms with van der Waals surface area (Å²) >= 11 is 0. The van der Waals surface area contributed by atoms with Crippen molar-refractivity contribution in [2.75, 3.05) is 0 Å². The number of allylic oxidation sites excluding steroid dienone is 4. The van der Waals surface area contributed by atoms with Crippen molar-refractivity contribution in [3.8, 4) is 0 Å². The Kier molecular flexibility index (Phi) is 7.65. The number of aliphatic hydroxyl groups excluding tert-OH is 3. The smallest absolute Gasteiger partial charge is 0.147 e. The van der Waals surface area contributed by atoms with Crippen molar-refractivity contribution in [2.45, 2.75) is 111 Å². The molecule has 0 spiro atoms. The van der Waals surface area contributed by atoms with E-state index in [-0.39, 0.29) is 11.2 Å². The van der Waals surface area contributed by atoms with E-state index in [0.29, 0.717) is 30.6 Å². The van der Waals surface area contributed by atoms with Gasteiger partial charge < -0.3 is 15.3 Å². The van der Waals surface area contributed by atoms with E-state index in [1.165, 1.54) is 31.3 Å². The predicted octanol–water partition coefficient (Wildman–Crippen LogP) is 6.08. The van der Waals surface area contributed by atoms with Gasteiger partial charge in [-0.05, 0) is 85.7 Å². The van der Waals surface area contributed by atoms with Crippen LogP contribution in [0.15, 0.2) is 47.6 Å². The van der Waals surface area contributed by atoms with Gasteiger partial charge >= 0.3 is 0 Å². The van der Waals surface area contributed by atoms with Crippen molar-refractivity contribution in [3.05, 3.63) is 47.6 Å². The van der Waals surface area contributed by atoms with Crippen LogP contribution in [0.25, 0.3) is 0 Å². The standard InChI is InChI=1S/C32H48O4/c1-20(9-14-28(35)32(16-17-32)29(36)30(3,4)5)25-12-13-26-22(8-7-15-31(25,26)6)10-11-23-18-24(33)19-27(34)21(23)2/h9-11,14,20,24-28,33-35H,2,7-8,12-13,15-19H2,1,3-6H3/b14-9+,22-10+,23-11-/t20-,24-,25-,26+,27+,28+,31-/m1/s1. The maximum Gasteiger partial charge on any atom is 0.147 e. The van der Waals surface area contributed by atoms with Gasteiger partial charge in [-0.25, -0.2) is 0 Å². The van der Waals surface area contributed by atoms with Crippen molar-refractivity contribution >= 4 is 5.78 Å². The molecule has 4 aliphatic carbocycles. The van der Waals surface area contributed by atoms with E-state index in [2.05, 4.69) is 38.7 Å². The molecule has 4 heteroatoms. The summed E-state index contributed by atoms with van der Waals surface area (Å²) in [6.45, 7) is 14.6. The minimum atomic E-state index is -0.695. The Morgan fingerprint density at radius 1 is 1.11 bits per heavy atom. The molecule has 4 aliphatic rings. The normalized spacial score (nSPS) is 38.4. The number of hydrogen-bond acceptors (Lipinski definition) is 4. The Balaban J connectivity index is 1.47. The van der Waals surface area contributed by atoms with Crippen molar-refractivity contribution in [1.82, 2.24) is 0 Å². The highest BCUT2D eigenvalue weighted by Crippen LogP contribution is 2.60. The first-order valence-electron chi connectivity index (χ1n) is 14.2. The molecule has 0 aliphatic heterocycles. The van der Waals surface area contributed by atoms with Crippen molar-refractivity contribution in [2.24, 2.45) is 34.0 Å². The highest BCUT2D eigenvalue weighted by atomic mass is 16.3. The van der Waals surface area contributed by atoms with E-state index in [1.54, 1.807) is 0 Å². The molecule has 0 aromatic rings. The number of hydrogen-bond donors (Lipinski definition) is 3. The molecular weight excluding hydrogens is 448 g/mol. The summed E-state index contributed by atoms with van der Waals surface area (Å²) < 4.78 is 0. The zero-order valence-corrected chi connectivity index (χ0v) is 23.1. The third-order valence-electron chi connectivity index (χ3n) is 10.0. The van der Waals surface area contributed by atoms with E-state index in [9.17, 15) is 20.1 Å². The van der Waals surface area contributed by atoms with Crippen LogP contribution >= 0.6 is 0 Å². The summed E-state index contributed by atoms with van der Waals surface area (Å²) in [4.78, 5) is 13.0. The number of Topliss-reactive ketones (excluding diaryl/α,β-unsaturated/α-hetero) is 1. The van der Waals surface area contributed by atoms with E-state index in [1.807, 2.05) is 26.8 Å². The molecular formula is C32H48O4. The number of rotatable bonds is 6. The van der Waals surface area contributed by atoms with Crippen LogP contribution in [0.1, 0.15) is 92.4 Å². The molecule has 3 N–H and O–H groups in total. The molecule has 0 bridgehead atoms. The van der Waals surface area contributed by atoms with Gasteiger partial charge in [0.15, 0.2) is 0 Å². The molecule has 7 atom stereocenters. The van der Waals surface area contributed by atoms with Crippen LogP contribution in [0, 0.1) is 34.0 Å². The molecule has 0 heterocycles. The summed E-state index contributed by atoms with van der Waals surface area (Å²) in [7, 11) is 0. The fourth-order valence-corrected chi connectivity index (χ4v) is 7.75. The minimum Gasteiger partial charge on any atom is -0.393 e. The van der Waals surface area contributed by atoms with Gasteiger partial charge in [-0.1, -0.05) is 71.1 Å². The average Bonchev–Trinajstić information content (AvgIpc) is 3.53. The fraction of sp³-hybridized carbons (Fsp3) is 0.719. The lowest BCUT2D eigenvalue weighted by Crippen LogP contribution is -2.37. The van der Waals surface area contributed by atoms with Gasteiger partial charge in [0, 0.05) is 11.8 Å². The van der Waals surface area contributed by atoms with Gasteiger partial charge in [0.1, 0.15) is 5.78 Å². The summed E-state index contributed by atoms with van der Waals surface area (Å²) in [6, 6.07) is 0. The maximum absolute atomic E-state index is 13.0. The second-order valence-corrected chi connectivity index (χ2v) is 13.6. The third kappa shape index (κ3) is 5.11. The van der Waals surface area contributed by atoms with Gasteiger partial charge in [0.2, 0.25) is 0 Å². The number of carbonyl (C=O) groups excluding carboxylic acids is 1. The fourth-order valence-electron chi connectivity index (χ4n) is 7.75. The van der Waals surface area contributed by atoms with Gasteiger partial charge in [-0.15, -0.1) is 0 Å². The second kappa shape index (κ2) is 10.0. The number of carbonyl (C=O) groups is 1. The molecule has 0 radical (unpaired) electrons. The van der Waals surface area contributed by atoms with Crippen molar-refractivity contribution in [3.63, 3.8) is 0 Å². The Morgan fingerprint density at radius 2 is 1.81 bits per heavy atom. The number of ketones is 1. The summed E-state index contributed by atoms with van der Waals surface area (Å²) in [5.41, 5.74) is 2.43. The molecule has 200 valence electrons. The summed E-state index contributed by atoms with van der Waals surface area (Å²) in [5, 5.41) is 31.3. The van der Waals surface area contributed by atoms with Crippen LogP contribution in [0.2, 0.25) is 0 Å². The summed E-state index contributed by atoms with van der Waals surface area (Å²) in [6.07, 6.45) is 15.0. The van der Waals surface area contributed by atoms with Crippen LogP contribution in [0.4, 0.5) is 0 Å². The number of fused-ring (bicyclic) bond motifs is 1. The van der Waals surface area contributed by atoms with E-state index in [4.69, 9.17) is 0 Å². The molecule has 0 aromatic heterocycles. The third-order valence-corrected chi connectivity index (χ3v) is 10.0. The van der Waals surface area contributed by atoms with Crippen LogP contribution in [-0.2, 0) is 4.79 Å². The van der Waals surface area contributed by atoms with E-state index >= 15 is 0 Å². The first kappa shape index (κ1) is 27.5. The SMILES string of the molecule is C=C1/C(=C\C=C2/CCC[C@]3(C)[C@@H]([C@H](C)/C=C/[C@H](O)C4(C(=O)C(C)(C)C)CC4)CC[C@@H]23)C[C@@H](O)C[C@@H]1O. The Bertz CT molecular complexity index is 959. The predicted molar refractivity (Wildman–Crippen MR) is 145 cm³/mol. The topological polar surface area (TPSA) is 77.8 Å². The minimum absolute atomic E-state index is 0.185. The van der Waals surface area contributed by atoms with E-state index in [0.717, 1.165) is 30.4 Å². The quantitative estimate of drug-likeness (QED) is 0.390. The van der Waals surface area contributed by atoms with Gasteiger partial charge in [-0.2, -0.15) is 0 Å². The lowest BCUT2D eigenvalue weighted by Gasteiger charge is -2.44. The molecule has 36 heavy (non-hydrogen) atoms. The van der Waals surface area contributed by atoms with Gasteiger partial charge in [0.05, 0.1) is 23.7 Å². The zero-order chi connectivity index (χ0) is 26.5. The van der Waals surface area contributed by atoms with Gasteiger partial charge in [0.25, 0.3) is 0 Å². The molecule has 0 saturated heterocycles. The Hall–Kier alpha value is -1.49. The van der Waals surface area contributed by atoms with Crippen molar-refractivity contribution in [1.29, 1.82) is 0 Å². The maximum atomic E-state index is 13.0. The Morgan fingerprint density at radius 3 is 2.44 bits per heavy atom. The lowest BCUT2D eigenvalue weighted by atomic mass is 9.61. The van der Waals surface area contributed by atoms with Crippen LogP contribution < -0.4 is 0 Å². The number of aliphatic hydroxyl groups is 3. The van der Waals surface area contributed by atoms with Crippen LogP contribution in [-0.4, -0.2) is 39.4 Å². The lowest BCUT2D eigenvalue weighted by molar-refractivity contribution is -0.135. The largest absolute Gasteiger partial charge is 0.393 e. The molecule has 0 aromatic carbocycles. The van der Waals surface area contributed by atoms with Crippen molar-refractivity contribution < 1.29 is 20.1 Å². The highest BCUT2D eigenvalue weighted by Gasteiger charge is 2.57. The van der Waals surface area contributed by atoms with Crippen LogP contribution in [0.5, 0.6) is 0 Å². The molecule has 4 fully saturated rings. The highest BCUT2D eigenvalue weighted by molar-refractivity contribution is 5.92. The van der Waals surface area contributed by atoms with Gasteiger partial charge in [-0.3, -0.25) is 4.79 Å². The molecule has 4 rings (SSSR count). The second-order valence-electron chi connectivity index (χ2n) is 13.6. The monoisotopic (exact) mass is 496 g/mol. The average molecular weight is 497 g/mol.